The van der Waals surface area contributed by atoms with Gasteiger partial charge in [0.1, 0.15) is 18.5 Å². The number of piperidine rings is 1. The smallest absolute Gasteiger partial charge is 0.319 e. The summed E-state index contributed by atoms with van der Waals surface area (Å²) in [5.74, 6) is -0.897. The first-order valence-electron chi connectivity index (χ1n) is 8.24. The molecule has 26 heavy (non-hydrogen) atoms. The van der Waals surface area contributed by atoms with Gasteiger partial charge in [-0.1, -0.05) is 0 Å². The van der Waals surface area contributed by atoms with E-state index in [0.717, 1.165) is 0 Å². The molecule has 0 aliphatic carbocycles. The molecule has 0 bridgehead atoms. The molecule has 0 unspecified atom stereocenters. The van der Waals surface area contributed by atoms with Crippen LogP contribution in [0.3, 0.4) is 0 Å². The molecule has 0 saturated carbocycles. The minimum atomic E-state index is -0.534. The topological polar surface area (TPSA) is 118 Å². The number of likely N-dealkylation sites (tertiary alicyclic amines) is 1. The second-order valence-electron chi connectivity index (χ2n) is 6.15. The van der Waals surface area contributed by atoms with Crippen LogP contribution in [0.15, 0.2) is 30.9 Å². The molecule has 3 amide bonds. The average molecular weight is 361 g/mol. The summed E-state index contributed by atoms with van der Waals surface area (Å²) in [5, 5.41) is 12.8. The third-order valence-corrected chi connectivity index (χ3v) is 4.22. The van der Waals surface area contributed by atoms with Crippen molar-refractivity contribution < 1.29 is 14.0 Å². The largest absolute Gasteiger partial charge is 0.369 e. The lowest BCUT2D eigenvalue weighted by Gasteiger charge is -2.31. The summed E-state index contributed by atoms with van der Waals surface area (Å²) in [4.78, 5) is 25.1. The first-order valence-corrected chi connectivity index (χ1v) is 8.24. The Morgan fingerprint density at radius 2 is 1.92 bits per heavy atom. The minimum absolute atomic E-state index is 0.0387. The number of nitrogens with one attached hydrogen (secondary N) is 2. The van der Waals surface area contributed by atoms with Crippen molar-refractivity contribution in [3.8, 4) is 5.69 Å². The second kappa shape index (κ2) is 7.91. The number of primary amides is 1. The molecule has 0 spiro atoms. The van der Waals surface area contributed by atoms with Gasteiger partial charge in [0.05, 0.1) is 17.9 Å². The van der Waals surface area contributed by atoms with Crippen LogP contribution in [-0.2, 0) is 4.79 Å². The van der Waals surface area contributed by atoms with Crippen LogP contribution in [0.25, 0.3) is 5.69 Å². The zero-order valence-corrected chi connectivity index (χ0v) is 14.1. The zero-order chi connectivity index (χ0) is 18.5. The number of hydrogen-bond donors (Lipinski definition) is 3. The van der Waals surface area contributed by atoms with Crippen molar-refractivity contribution in [3.63, 3.8) is 0 Å². The third kappa shape index (κ3) is 4.54. The van der Waals surface area contributed by atoms with E-state index in [1.807, 2.05) is 4.90 Å². The van der Waals surface area contributed by atoms with Crippen LogP contribution in [0.4, 0.5) is 14.9 Å². The van der Waals surface area contributed by atoms with Gasteiger partial charge in [-0.25, -0.2) is 9.18 Å². The first-order chi connectivity index (χ1) is 12.5. The van der Waals surface area contributed by atoms with E-state index in [1.165, 1.54) is 24.8 Å². The number of rotatable bonds is 5. The fourth-order valence-corrected chi connectivity index (χ4v) is 2.90. The molecule has 1 aliphatic rings. The van der Waals surface area contributed by atoms with Gasteiger partial charge in [0, 0.05) is 19.1 Å². The number of hydrogen-bond acceptors (Lipinski definition) is 5. The number of halogens is 1. The highest BCUT2D eigenvalue weighted by Crippen LogP contribution is 2.19. The number of urea groups is 1. The van der Waals surface area contributed by atoms with Crippen LogP contribution in [0, 0.1) is 5.82 Å². The molecule has 1 aromatic carbocycles. The Balaban J connectivity index is 1.55. The van der Waals surface area contributed by atoms with Crippen molar-refractivity contribution in [1.82, 2.24) is 25.0 Å². The molecule has 4 N–H and O–H groups in total. The maximum absolute atomic E-state index is 14.0. The van der Waals surface area contributed by atoms with Crippen LogP contribution >= 0.6 is 0 Å². The van der Waals surface area contributed by atoms with E-state index in [-0.39, 0.29) is 24.2 Å². The Morgan fingerprint density at radius 3 is 2.58 bits per heavy atom. The molecule has 1 aliphatic heterocycles. The molecular formula is C16H20FN7O2. The number of carbonyl (C=O) groups excluding carboxylic acids is 2. The summed E-state index contributed by atoms with van der Waals surface area (Å²) in [6.07, 6.45) is 4.36. The van der Waals surface area contributed by atoms with Crippen molar-refractivity contribution in [2.75, 3.05) is 25.0 Å². The number of carbonyl (C=O) groups is 2. The van der Waals surface area contributed by atoms with Gasteiger partial charge in [0.2, 0.25) is 5.91 Å². The summed E-state index contributed by atoms with van der Waals surface area (Å²) >= 11 is 0. The van der Waals surface area contributed by atoms with E-state index >= 15 is 0 Å². The summed E-state index contributed by atoms with van der Waals surface area (Å²) in [6.45, 7) is 1.57. The van der Waals surface area contributed by atoms with Gasteiger partial charge < -0.3 is 16.4 Å². The highest BCUT2D eigenvalue weighted by atomic mass is 19.1. The molecule has 3 rings (SSSR count). The Morgan fingerprint density at radius 1 is 1.23 bits per heavy atom. The van der Waals surface area contributed by atoms with E-state index in [2.05, 4.69) is 20.8 Å². The molecule has 10 heteroatoms. The van der Waals surface area contributed by atoms with Crippen molar-refractivity contribution >= 4 is 17.6 Å². The molecule has 9 nitrogen and oxygen atoms in total. The Labute approximate surface area is 149 Å². The molecule has 2 heterocycles. The quantitative estimate of drug-likeness (QED) is 0.716. The normalized spacial score (nSPS) is 15.6. The zero-order valence-electron chi connectivity index (χ0n) is 14.1. The number of amides is 3. The lowest BCUT2D eigenvalue weighted by atomic mass is 10.1. The average Bonchev–Trinajstić information content (AvgIpc) is 3.13. The van der Waals surface area contributed by atoms with Crippen LogP contribution < -0.4 is 16.4 Å². The number of anilines is 1. The molecule has 1 fully saturated rings. The number of nitrogens with two attached hydrogens (primary N) is 1. The predicted molar refractivity (Wildman–Crippen MR) is 92.1 cm³/mol. The van der Waals surface area contributed by atoms with Crippen molar-refractivity contribution in [2.24, 2.45) is 5.73 Å². The predicted octanol–water partition coefficient (Wildman–Crippen LogP) is 0.478. The maximum atomic E-state index is 14.0. The number of aromatic nitrogens is 3. The van der Waals surface area contributed by atoms with E-state index in [9.17, 15) is 14.0 Å². The van der Waals surface area contributed by atoms with Gasteiger partial charge in [0.15, 0.2) is 0 Å². The van der Waals surface area contributed by atoms with Crippen LogP contribution in [0.5, 0.6) is 0 Å². The monoisotopic (exact) mass is 361 g/mol. The van der Waals surface area contributed by atoms with Gasteiger partial charge in [-0.05, 0) is 31.0 Å². The Bertz CT molecular complexity index is 773. The van der Waals surface area contributed by atoms with Crippen LogP contribution in [0.1, 0.15) is 12.8 Å². The summed E-state index contributed by atoms with van der Waals surface area (Å²) in [5.41, 5.74) is 5.88. The van der Waals surface area contributed by atoms with Gasteiger partial charge in [0.25, 0.3) is 0 Å². The van der Waals surface area contributed by atoms with Gasteiger partial charge in [-0.15, -0.1) is 10.2 Å². The van der Waals surface area contributed by atoms with Gasteiger partial charge in [-0.3, -0.25) is 14.3 Å². The third-order valence-electron chi connectivity index (χ3n) is 4.22. The van der Waals surface area contributed by atoms with E-state index in [4.69, 9.17) is 5.73 Å². The van der Waals surface area contributed by atoms with Gasteiger partial charge >= 0.3 is 6.03 Å². The lowest BCUT2D eigenvalue weighted by Crippen LogP contribution is -2.47. The van der Waals surface area contributed by atoms with Crippen molar-refractivity contribution in [1.29, 1.82) is 0 Å². The van der Waals surface area contributed by atoms with E-state index in [1.54, 1.807) is 10.6 Å². The number of nitrogens with zero attached hydrogens (tertiary/aromatic N) is 4. The Kier molecular flexibility index (Phi) is 5.42. The number of benzene rings is 1. The van der Waals surface area contributed by atoms with Crippen LogP contribution in [0.2, 0.25) is 0 Å². The molecule has 0 atom stereocenters. The van der Waals surface area contributed by atoms with Crippen LogP contribution in [-0.4, -0.2) is 57.3 Å². The van der Waals surface area contributed by atoms with Gasteiger partial charge in [-0.2, -0.15) is 0 Å². The molecule has 1 aromatic heterocycles. The maximum Gasteiger partial charge on any atom is 0.319 e. The lowest BCUT2D eigenvalue weighted by molar-refractivity contribution is -0.119. The first kappa shape index (κ1) is 17.8. The summed E-state index contributed by atoms with van der Waals surface area (Å²) in [7, 11) is 0. The van der Waals surface area contributed by atoms with Crippen molar-refractivity contribution in [3.05, 3.63) is 36.7 Å². The second-order valence-corrected chi connectivity index (χ2v) is 6.15. The summed E-state index contributed by atoms with van der Waals surface area (Å²) in [6, 6.07) is 3.83. The van der Waals surface area contributed by atoms with E-state index < -0.39 is 11.8 Å². The SMILES string of the molecule is NC(=O)CN1CCC(NC(=O)Nc2cc(-n3cnnc3)ccc2F)CC1. The summed E-state index contributed by atoms with van der Waals surface area (Å²) < 4.78 is 15.6. The molecule has 2 aromatic rings. The minimum Gasteiger partial charge on any atom is -0.369 e. The fourth-order valence-electron chi connectivity index (χ4n) is 2.90. The molecule has 0 radical (unpaired) electrons. The molecule has 1 saturated heterocycles. The molecule has 138 valence electrons. The molecular weight excluding hydrogens is 341 g/mol. The highest BCUT2D eigenvalue weighted by molar-refractivity contribution is 5.90. The van der Waals surface area contributed by atoms with Crippen molar-refractivity contribution in [2.45, 2.75) is 18.9 Å². The Hall–Kier alpha value is -3.01. The highest BCUT2D eigenvalue weighted by Gasteiger charge is 2.21. The standard InChI is InChI=1S/C16H20FN7O2/c17-13-2-1-12(24-9-19-20-10-24)7-14(13)22-16(26)21-11-3-5-23(6-4-11)8-15(18)25/h1-2,7,9-11H,3-6,8H2,(H2,18,25)(H2,21,22,26). The fraction of sp³-hybridized carbons (Fsp3) is 0.375. The van der Waals surface area contributed by atoms with E-state index in [0.29, 0.717) is 31.6 Å².